The molecule has 0 aliphatic heterocycles. The minimum absolute atomic E-state index is 0.0953. The molecule has 0 radical (unpaired) electrons. The lowest BCUT2D eigenvalue weighted by Gasteiger charge is -2.07. The van der Waals surface area contributed by atoms with Crippen LogP contribution in [0.15, 0.2) is 47.4 Å². The molecule has 1 aromatic heterocycles. The molecule has 0 saturated heterocycles. The number of hydrogen-bond acceptors (Lipinski definition) is 1. The van der Waals surface area contributed by atoms with Crippen LogP contribution in [-0.2, 0) is 6.37 Å². The summed E-state index contributed by atoms with van der Waals surface area (Å²) < 4.78 is 38.5. The Labute approximate surface area is 106 Å². The van der Waals surface area contributed by atoms with Gasteiger partial charge in [-0.3, -0.25) is 9.36 Å². The summed E-state index contributed by atoms with van der Waals surface area (Å²) in [6.45, 7) is -2.83. The van der Waals surface area contributed by atoms with Gasteiger partial charge in [-0.05, 0) is 30.1 Å². The minimum atomic E-state index is -2.83. The van der Waals surface area contributed by atoms with Gasteiger partial charge >= 0.3 is 0 Å². The zero-order valence-corrected chi connectivity index (χ0v) is 9.03. The Morgan fingerprint density at radius 2 is 2.31 bits per heavy atom. The Bertz CT molecular complexity index is 723. The maximum absolute atomic E-state index is 11.9. The van der Waals surface area contributed by atoms with Crippen LogP contribution in [0, 0.1) is 0 Å². The maximum Gasteiger partial charge on any atom is 0.255 e. The van der Waals surface area contributed by atoms with Gasteiger partial charge in [-0.15, -0.1) is 0 Å². The maximum atomic E-state index is 11.9. The van der Waals surface area contributed by atoms with Gasteiger partial charge in [0.25, 0.3) is 5.56 Å². The highest BCUT2D eigenvalue weighted by molar-refractivity contribution is 6.30. The van der Waals surface area contributed by atoms with Crippen molar-refractivity contribution < 1.29 is 6.85 Å². The van der Waals surface area contributed by atoms with E-state index in [1.165, 1.54) is 22.9 Å². The van der Waals surface area contributed by atoms with E-state index in [0.29, 0.717) is 10.7 Å². The number of nitrogens with zero attached hydrogens (tertiary/aromatic N) is 1. The van der Waals surface area contributed by atoms with Crippen molar-refractivity contribution in [2.24, 2.45) is 0 Å². The second-order valence-corrected chi connectivity index (χ2v) is 3.67. The first-order valence-corrected chi connectivity index (χ1v) is 5.00. The van der Waals surface area contributed by atoms with Gasteiger partial charge in [-0.1, -0.05) is 30.6 Å². The standard InChI is InChI=1S/C13H12ClNO/c1-2-10-6-7-13(16)15(9-10)12-5-3-4-11(14)8-12/h3-9H,2H2,1H3/i1D3,2D2. The third-order valence-electron chi connectivity index (χ3n) is 2.14. The molecule has 82 valence electrons. The molecule has 2 rings (SSSR count). The number of hydrogen-bond donors (Lipinski definition) is 0. The number of halogens is 1. The molecule has 0 aliphatic carbocycles. The number of aryl methyl sites for hydroxylation is 1. The Morgan fingerprint density at radius 3 is 3.06 bits per heavy atom. The monoisotopic (exact) mass is 238 g/mol. The number of pyridine rings is 1. The largest absolute Gasteiger partial charge is 0.284 e. The van der Waals surface area contributed by atoms with Crippen molar-refractivity contribution in [1.29, 1.82) is 0 Å². The second kappa shape index (κ2) is 4.54. The van der Waals surface area contributed by atoms with E-state index in [-0.39, 0.29) is 5.56 Å². The molecule has 0 atom stereocenters. The third kappa shape index (κ3) is 2.17. The number of benzene rings is 1. The molecule has 1 aromatic carbocycles. The van der Waals surface area contributed by atoms with Gasteiger partial charge in [0.1, 0.15) is 0 Å². The van der Waals surface area contributed by atoms with Crippen molar-refractivity contribution >= 4 is 11.6 Å². The molecule has 16 heavy (non-hydrogen) atoms. The molecule has 0 amide bonds. The summed E-state index contributed by atoms with van der Waals surface area (Å²) in [5, 5.41) is 0.420. The van der Waals surface area contributed by atoms with E-state index in [0.717, 1.165) is 6.07 Å². The highest BCUT2D eigenvalue weighted by Gasteiger charge is 2.00. The fraction of sp³-hybridized carbons (Fsp3) is 0.154. The van der Waals surface area contributed by atoms with E-state index in [1.54, 1.807) is 18.2 Å². The first-order valence-electron chi connectivity index (χ1n) is 7.12. The van der Waals surface area contributed by atoms with Crippen molar-refractivity contribution in [2.45, 2.75) is 13.2 Å². The summed E-state index contributed by atoms with van der Waals surface area (Å²) in [7, 11) is 0. The quantitative estimate of drug-likeness (QED) is 0.788. The highest BCUT2D eigenvalue weighted by atomic mass is 35.5. The molecular formula is C13H12ClNO. The van der Waals surface area contributed by atoms with E-state index in [9.17, 15) is 4.79 Å². The second-order valence-electron chi connectivity index (χ2n) is 3.23. The van der Waals surface area contributed by atoms with E-state index in [4.69, 9.17) is 18.5 Å². The van der Waals surface area contributed by atoms with Crippen LogP contribution in [0.4, 0.5) is 0 Å². The molecule has 3 heteroatoms. The van der Waals surface area contributed by atoms with Crippen LogP contribution in [0.3, 0.4) is 0 Å². The topological polar surface area (TPSA) is 22.0 Å². The number of aromatic nitrogens is 1. The fourth-order valence-electron chi connectivity index (χ4n) is 1.39. The summed E-state index contributed by atoms with van der Waals surface area (Å²) in [5.41, 5.74) is -0.0554. The molecular weight excluding hydrogens is 222 g/mol. The number of rotatable bonds is 2. The fourth-order valence-corrected chi connectivity index (χ4v) is 1.57. The average molecular weight is 239 g/mol. The molecule has 0 spiro atoms. The van der Waals surface area contributed by atoms with Crippen LogP contribution in [0.5, 0.6) is 0 Å². The average Bonchev–Trinajstić information content (AvgIpc) is 2.37. The highest BCUT2D eigenvalue weighted by Crippen LogP contribution is 2.13. The Morgan fingerprint density at radius 1 is 1.44 bits per heavy atom. The van der Waals surface area contributed by atoms with Crippen molar-refractivity contribution in [3.8, 4) is 5.69 Å². The molecule has 0 aliphatic rings. The molecule has 0 N–H and O–H groups in total. The van der Waals surface area contributed by atoms with Gasteiger partial charge in [0, 0.05) is 24.1 Å². The van der Waals surface area contributed by atoms with E-state index < -0.39 is 18.8 Å². The van der Waals surface area contributed by atoms with Crippen LogP contribution < -0.4 is 5.56 Å². The first kappa shape index (κ1) is 6.26. The lowest BCUT2D eigenvalue weighted by molar-refractivity contribution is 0.953. The Hall–Kier alpha value is -1.54. The van der Waals surface area contributed by atoms with Gasteiger partial charge in [-0.25, -0.2) is 0 Å². The molecule has 1 heterocycles. The third-order valence-corrected chi connectivity index (χ3v) is 2.38. The van der Waals surface area contributed by atoms with Crippen LogP contribution in [0.25, 0.3) is 5.69 Å². The van der Waals surface area contributed by atoms with Gasteiger partial charge in [0.2, 0.25) is 0 Å². The predicted molar refractivity (Wildman–Crippen MR) is 66.4 cm³/mol. The van der Waals surface area contributed by atoms with Gasteiger partial charge in [0.05, 0.1) is 5.69 Å². The summed E-state index contributed by atoms with van der Waals surface area (Å²) in [6, 6.07) is 8.78. The van der Waals surface area contributed by atoms with E-state index in [2.05, 4.69) is 0 Å². The van der Waals surface area contributed by atoms with Crippen molar-refractivity contribution in [3.05, 3.63) is 63.5 Å². The van der Waals surface area contributed by atoms with E-state index in [1.807, 2.05) is 0 Å². The molecule has 0 fully saturated rings. The smallest absolute Gasteiger partial charge is 0.255 e. The lowest BCUT2D eigenvalue weighted by atomic mass is 10.2. The summed E-state index contributed by atoms with van der Waals surface area (Å²) in [6.07, 6.45) is -1.36. The van der Waals surface area contributed by atoms with Gasteiger partial charge in [-0.2, -0.15) is 0 Å². The van der Waals surface area contributed by atoms with Crippen LogP contribution in [0.2, 0.25) is 5.02 Å². The van der Waals surface area contributed by atoms with Gasteiger partial charge < -0.3 is 0 Å². The minimum Gasteiger partial charge on any atom is -0.284 e. The molecule has 0 saturated carbocycles. The lowest BCUT2D eigenvalue weighted by Crippen LogP contribution is -2.16. The van der Waals surface area contributed by atoms with Gasteiger partial charge in [0.15, 0.2) is 0 Å². The Balaban J connectivity index is 2.61. The van der Waals surface area contributed by atoms with Crippen molar-refractivity contribution in [1.82, 2.24) is 4.57 Å². The molecule has 2 aromatic rings. The SMILES string of the molecule is [2H]C([2H])([2H])C([2H])([2H])c1ccc(=O)n(-c2cccc(Cl)c2)c1. The van der Waals surface area contributed by atoms with Crippen LogP contribution in [0.1, 0.15) is 19.3 Å². The summed E-state index contributed by atoms with van der Waals surface area (Å²) in [5.74, 6) is 0. The molecule has 2 nitrogen and oxygen atoms in total. The Kier molecular flexibility index (Phi) is 1.77. The van der Waals surface area contributed by atoms with Crippen LogP contribution >= 0.6 is 11.6 Å². The zero-order chi connectivity index (χ0) is 15.8. The van der Waals surface area contributed by atoms with Crippen molar-refractivity contribution in [3.63, 3.8) is 0 Å². The molecule has 0 bridgehead atoms. The van der Waals surface area contributed by atoms with E-state index >= 15 is 0 Å². The van der Waals surface area contributed by atoms with Crippen LogP contribution in [-0.4, -0.2) is 4.57 Å². The van der Waals surface area contributed by atoms with Crippen molar-refractivity contribution in [2.75, 3.05) is 0 Å². The summed E-state index contributed by atoms with van der Waals surface area (Å²) in [4.78, 5) is 11.9. The molecule has 0 unspecified atom stereocenters. The normalized spacial score (nSPS) is 16.7. The predicted octanol–water partition coefficient (Wildman–Crippen LogP) is 3.05. The zero-order valence-electron chi connectivity index (χ0n) is 13.3. The first-order chi connectivity index (χ1) is 9.63. The summed E-state index contributed by atoms with van der Waals surface area (Å²) >= 11 is 5.87.